The van der Waals surface area contributed by atoms with E-state index in [1.54, 1.807) is 0 Å². The molecule has 0 amide bonds. The van der Waals surface area contributed by atoms with Crippen LogP contribution in [0.2, 0.25) is 0 Å². The second kappa shape index (κ2) is 2.01. The number of likely N-dealkylation sites (N-methyl/N-ethyl adjacent to an activating group) is 1. The Morgan fingerprint density at radius 2 is 2.25 bits per heavy atom. The Labute approximate surface area is 49.2 Å². The first-order valence-electron chi connectivity index (χ1n) is 2.84. The molecular weight excluding hydrogens is 104 g/mol. The van der Waals surface area contributed by atoms with Crippen molar-refractivity contribution in [1.29, 1.82) is 0 Å². The summed E-state index contributed by atoms with van der Waals surface area (Å²) in [7, 11) is 1.90. The van der Waals surface area contributed by atoms with E-state index in [0.717, 1.165) is 0 Å². The molecule has 3 unspecified atom stereocenters. The van der Waals surface area contributed by atoms with Crippen molar-refractivity contribution in [2.75, 3.05) is 7.05 Å². The van der Waals surface area contributed by atoms with Gasteiger partial charge in [-0.25, -0.2) is 0 Å². The van der Waals surface area contributed by atoms with Gasteiger partial charge in [-0.05, 0) is 14.0 Å². The van der Waals surface area contributed by atoms with Gasteiger partial charge in [0, 0.05) is 6.04 Å². The van der Waals surface area contributed by atoms with Gasteiger partial charge in [0.25, 0.3) is 0 Å². The zero-order valence-corrected chi connectivity index (χ0v) is 5.22. The quantitative estimate of drug-likeness (QED) is 0.468. The molecule has 3 heteroatoms. The number of nitrogens with one attached hydrogen (secondary N) is 1. The molecule has 1 aliphatic rings. The fourth-order valence-corrected chi connectivity index (χ4v) is 0.703. The van der Waals surface area contributed by atoms with Crippen LogP contribution in [0.4, 0.5) is 0 Å². The summed E-state index contributed by atoms with van der Waals surface area (Å²) in [5.41, 5.74) is 5.38. The van der Waals surface area contributed by atoms with Crippen LogP contribution in [0.3, 0.4) is 0 Å². The average molecular weight is 116 g/mol. The molecule has 0 aromatic heterocycles. The minimum Gasteiger partial charge on any atom is -0.352 e. The largest absolute Gasteiger partial charge is 0.352 e. The molecule has 1 fully saturated rings. The molecule has 3 nitrogen and oxygen atoms in total. The van der Waals surface area contributed by atoms with Crippen molar-refractivity contribution in [1.82, 2.24) is 5.32 Å². The Morgan fingerprint density at radius 3 is 2.38 bits per heavy atom. The topological polar surface area (TPSA) is 50.6 Å². The summed E-state index contributed by atoms with van der Waals surface area (Å²) in [6, 6.07) is 0.394. The molecule has 3 atom stereocenters. The van der Waals surface area contributed by atoms with Crippen molar-refractivity contribution in [3.63, 3.8) is 0 Å². The predicted octanol–water partition coefficient (Wildman–Crippen LogP) is -0.722. The van der Waals surface area contributed by atoms with Crippen molar-refractivity contribution >= 4 is 0 Å². The molecule has 0 aromatic carbocycles. The second-order valence-electron chi connectivity index (χ2n) is 2.14. The van der Waals surface area contributed by atoms with Gasteiger partial charge in [-0.15, -0.1) is 0 Å². The summed E-state index contributed by atoms with van der Waals surface area (Å²) in [6.45, 7) is 2.05. The molecule has 1 rings (SSSR count). The third-order valence-corrected chi connectivity index (χ3v) is 1.51. The zero-order chi connectivity index (χ0) is 6.15. The van der Waals surface area contributed by atoms with Gasteiger partial charge < -0.3 is 15.8 Å². The van der Waals surface area contributed by atoms with E-state index in [1.165, 1.54) is 0 Å². The minimum absolute atomic E-state index is 0.0163. The highest BCUT2D eigenvalue weighted by Crippen LogP contribution is 2.19. The van der Waals surface area contributed by atoms with Gasteiger partial charge in [0.05, 0.1) is 0 Å². The van der Waals surface area contributed by atoms with Gasteiger partial charge in [-0.3, -0.25) is 0 Å². The van der Waals surface area contributed by atoms with E-state index in [2.05, 4.69) is 12.2 Å². The fourth-order valence-electron chi connectivity index (χ4n) is 0.703. The van der Waals surface area contributed by atoms with Crippen LogP contribution in [0.15, 0.2) is 0 Å². The minimum atomic E-state index is -0.0163. The second-order valence-corrected chi connectivity index (χ2v) is 2.14. The summed E-state index contributed by atoms with van der Waals surface area (Å²) < 4.78 is 4.98. The summed E-state index contributed by atoms with van der Waals surface area (Å²) >= 11 is 0. The number of epoxide rings is 1. The SMILES string of the molecule is CNC(C)C1OC1N. The molecular formula is C5H12N2O. The normalized spacial score (nSPS) is 39.4. The molecule has 0 aliphatic carbocycles. The first kappa shape index (κ1) is 6.01. The van der Waals surface area contributed by atoms with Crippen LogP contribution in [0.25, 0.3) is 0 Å². The van der Waals surface area contributed by atoms with Crippen molar-refractivity contribution < 1.29 is 4.74 Å². The summed E-state index contributed by atoms with van der Waals surface area (Å²) in [6.07, 6.45) is 0.234. The van der Waals surface area contributed by atoms with Crippen molar-refractivity contribution in [2.45, 2.75) is 25.3 Å². The molecule has 0 radical (unpaired) electrons. The molecule has 1 saturated heterocycles. The molecule has 0 bridgehead atoms. The first-order chi connectivity index (χ1) is 3.75. The van der Waals surface area contributed by atoms with Crippen molar-refractivity contribution in [3.05, 3.63) is 0 Å². The third-order valence-electron chi connectivity index (χ3n) is 1.51. The lowest BCUT2D eigenvalue weighted by Gasteiger charge is -2.02. The van der Waals surface area contributed by atoms with Gasteiger partial charge >= 0.3 is 0 Å². The number of hydrogen-bond donors (Lipinski definition) is 2. The maximum atomic E-state index is 5.38. The van der Waals surface area contributed by atoms with E-state index in [0.29, 0.717) is 6.04 Å². The predicted molar refractivity (Wildman–Crippen MR) is 31.4 cm³/mol. The van der Waals surface area contributed by atoms with Gasteiger partial charge in [0.1, 0.15) is 12.3 Å². The Hall–Kier alpha value is -0.120. The molecule has 1 aliphatic heterocycles. The van der Waals surface area contributed by atoms with E-state index in [-0.39, 0.29) is 12.3 Å². The standard InChI is InChI=1S/C5H12N2O/c1-3(7-2)4-5(6)8-4/h3-5,7H,6H2,1-2H3. The van der Waals surface area contributed by atoms with E-state index in [4.69, 9.17) is 10.5 Å². The highest BCUT2D eigenvalue weighted by atomic mass is 16.6. The highest BCUT2D eigenvalue weighted by Gasteiger charge is 2.38. The monoisotopic (exact) mass is 116 g/mol. The molecule has 1 heterocycles. The molecule has 8 heavy (non-hydrogen) atoms. The molecule has 48 valence electrons. The summed E-state index contributed by atoms with van der Waals surface area (Å²) in [4.78, 5) is 0. The maximum absolute atomic E-state index is 5.38. The van der Waals surface area contributed by atoms with E-state index in [1.807, 2.05) is 7.05 Å². The summed E-state index contributed by atoms with van der Waals surface area (Å²) in [5.74, 6) is 0. The lowest BCUT2D eigenvalue weighted by atomic mass is 10.2. The van der Waals surface area contributed by atoms with Crippen LogP contribution < -0.4 is 11.1 Å². The van der Waals surface area contributed by atoms with Crippen LogP contribution in [0.1, 0.15) is 6.92 Å². The van der Waals surface area contributed by atoms with Crippen LogP contribution in [0.5, 0.6) is 0 Å². The summed E-state index contributed by atoms with van der Waals surface area (Å²) in [5, 5.41) is 3.05. The number of nitrogens with two attached hydrogens (primary N) is 1. The lowest BCUT2D eigenvalue weighted by molar-refractivity contribution is 0.342. The smallest absolute Gasteiger partial charge is 0.134 e. The van der Waals surface area contributed by atoms with E-state index >= 15 is 0 Å². The van der Waals surface area contributed by atoms with Gasteiger partial charge in [-0.1, -0.05) is 0 Å². The van der Waals surface area contributed by atoms with Gasteiger partial charge in [0.15, 0.2) is 0 Å². The first-order valence-corrected chi connectivity index (χ1v) is 2.84. The number of rotatable bonds is 2. The third kappa shape index (κ3) is 0.992. The van der Waals surface area contributed by atoms with Crippen LogP contribution >= 0.6 is 0 Å². The Kier molecular flexibility index (Phi) is 1.51. The Morgan fingerprint density at radius 1 is 1.75 bits per heavy atom. The average Bonchev–Trinajstić information content (AvgIpc) is 2.45. The number of hydrogen-bond acceptors (Lipinski definition) is 3. The van der Waals surface area contributed by atoms with Crippen LogP contribution in [-0.2, 0) is 4.74 Å². The van der Waals surface area contributed by atoms with E-state index in [9.17, 15) is 0 Å². The lowest BCUT2D eigenvalue weighted by Crippen LogP contribution is -2.29. The Balaban J connectivity index is 2.18. The van der Waals surface area contributed by atoms with Crippen molar-refractivity contribution in [2.24, 2.45) is 5.73 Å². The molecule has 3 N–H and O–H groups in total. The highest BCUT2D eigenvalue weighted by molar-refractivity contribution is 4.87. The molecule has 0 aromatic rings. The van der Waals surface area contributed by atoms with Crippen LogP contribution in [-0.4, -0.2) is 25.4 Å². The van der Waals surface area contributed by atoms with Crippen molar-refractivity contribution in [3.8, 4) is 0 Å². The number of ether oxygens (including phenoxy) is 1. The Bertz CT molecular complexity index is 84.5. The van der Waals surface area contributed by atoms with E-state index < -0.39 is 0 Å². The van der Waals surface area contributed by atoms with Gasteiger partial charge in [0.2, 0.25) is 0 Å². The van der Waals surface area contributed by atoms with Crippen LogP contribution in [0, 0.1) is 0 Å². The molecule has 0 saturated carbocycles. The maximum Gasteiger partial charge on any atom is 0.134 e. The van der Waals surface area contributed by atoms with Gasteiger partial charge in [-0.2, -0.15) is 0 Å². The zero-order valence-electron chi connectivity index (χ0n) is 5.22. The fraction of sp³-hybridized carbons (Fsp3) is 1.00. The molecule has 0 spiro atoms.